The second kappa shape index (κ2) is 4.15. The molecular weight excluding hydrogens is 234 g/mol. The quantitative estimate of drug-likeness (QED) is 0.779. The summed E-state index contributed by atoms with van der Waals surface area (Å²) in [5.41, 5.74) is 0.823. The van der Waals surface area contributed by atoms with Gasteiger partial charge in [-0.25, -0.2) is 4.68 Å². The summed E-state index contributed by atoms with van der Waals surface area (Å²) >= 11 is 0. The number of rotatable bonds is 1. The molecule has 1 N–H and O–H groups in total. The van der Waals surface area contributed by atoms with Gasteiger partial charge < -0.3 is 10.4 Å². The fraction of sp³-hybridized carbons (Fsp3) is 0.417. The van der Waals surface area contributed by atoms with Gasteiger partial charge >= 0.3 is 0 Å². The minimum absolute atomic E-state index is 0.0842. The number of aryl methyl sites for hydroxylation is 1. The summed E-state index contributed by atoms with van der Waals surface area (Å²) in [4.78, 5) is 12.2. The lowest BCUT2D eigenvalue weighted by atomic mass is 10.2. The van der Waals surface area contributed by atoms with Crippen molar-refractivity contribution in [2.75, 3.05) is 5.23 Å². The Kier molecular flexibility index (Phi) is 2.61. The van der Waals surface area contributed by atoms with Crippen molar-refractivity contribution in [3.63, 3.8) is 0 Å². The van der Waals surface area contributed by atoms with Crippen LogP contribution in [0, 0.1) is 5.21 Å². The molecule has 6 heteroatoms. The van der Waals surface area contributed by atoms with Gasteiger partial charge in [-0.15, -0.1) is 0 Å². The third kappa shape index (κ3) is 1.61. The van der Waals surface area contributed by atoms with Crippen molar-refractivity contribution in [2.24, 2.45) is 0 Å². The van der Waals surface area contributed by atoms with Crippen LogP contribution in [0.5, 0.6) is 0 Å². The predicted octanol–water partition coefficient (Wildman–Crippen LogP) is 1.68. The fourth-order valence-electron chi connectivity index (χ4n) is 2.58. The Hall–Kier alpha value is -1.79. The van der Waals surface area contributed by atoms with Crippen LogP contribution in [0.1, 0.15) is 19.3 Å². The van der Waals surface area contributed by atoms with Crippen LogP contribution < -0.4 is 10.8 Å². The molecule has 2 aromatic rings. The zero-order valence-electron chi connectivity index (χ0n) is 9.87. The van der Waals surface area contributed by atoms with Crippen molar-refractivity contribution >= 4 is 16.6 Å². The molecule has 0 saturated carbocycles. The van der Waals surface area contributed by atoms with E-state index in [9.17, 15) is 10.0 Å². The van der Waals surface area contributed by atoms with E-state index in [0.717, 1.165) is 31.3 Å². The molecule has 18 heavy (non-hydrogen) atoms. The van der Waals surface area contributed by atoms with Crippen LogP contribution >= 0.6 is 0 Å². The Morgan fingerprint density at radius 3 is 2.61 bits per heavy atom. The smallest absolute Gasteiger partial charge is 0.274 e. The van der Waals surface area contributed by atoms with Crippen molar-refractivity contribution in [3.8, 4) is 0 Å². The van der Waals surface area contributed by atoms with Gasteiger partial charge in [-0.1, -0.05) is 0 Å². The van der Waals surface area contributed by atoms with E-state index in [2.05, 4.69) is 0 Å². The third-order valence-corrected chi connectivity index (χ3v) is 3.48. The molecule has 1 aliphatic rings. The SMILES string of the molecule is O=c1c2cc(N([O-])O)ccc2n2n1CCCCC2. The van der Waals surface area contributed by atoms with E-state index in [-0.39, 0.29) is 16.5 Å². The zero-order chi connectivity index (χ0) is 12.7. The highest BCUT2D eigenvalue weighted by Gasteiger charge is 2.15. The zero-order valence-corrected chi connectivity index (χ0v) is 9.87. The van der Waals surface area contributed by atoms with E-state index in [1.807, 2.05) is 4.68 Å². The second-order valence-electron chi connectivity index (χ2n) is 4.59. The van der Waals surface area contributed by atoms with Crippen molar-refractivity contribution in [1.82, 2.24) is 9.36 Å². The molecule has 96 valence electrons. The van der Waals surface area contributed by atoms with Crippen LogP contribution in [0.25, 0.3) is 10.9 Å². The van der Waals surface area contributed by atoms with E-state index in [1.54, 1.807) is 10.7 Å². The van der Waals surface area contributed by atoms with Crippen LogP contribution in [0.4, 0.5) is 5.69 Å². The van der Waals surface area contributed by atoms with Crippen LogP contribution in [0.15, 0.2) is 23.0 Å². The third-order valence-electron chi connectivity index (χ3n) is 3.48. The molecule has 0 fully saturated rings. The maximum absolute atomic E-state index is 12.2. The van der Waals surface area contributed by atoms with Gasteiger partial charge in [-0.2, -0.15) is 0 Å². The molecular formula is C12H14N3O3-. The minimum atomic E-state index is -0.216. The number of nitrogens with zero attached hydrogens (tertiary/aromatic N) is 3. The van der Waals surface area contributed by atoms with Gasteiger partial charge in [-0.05, 0) is 37.5 Å². The van der Waals surface area contributed by atoms with E-state index in [0.29, 0.717) is 11.9 Å². The van der Waals surface area contributed by atoms with Crippen LogP contribution in [0.2, 0.25) is 0 Å². The van der Waals surface area contributed by atoms with Crippen molar-refractivity contribution in [3.05, 3.63) is 33.8 Å². The lowest BCUT2D eigenvalue weighted by molar-refractivity contribution is 0.296. The monoisotopic (exact) mass is 248 g/mol. The highest BCUT2D eigenvalue weighted by atomic mass is 16.8. The summed E-state index contributed by atoms with van der Waals surface area (Å²) in [6.07, 6.45) is 3.17. The van der Waals surface area contributed by atoms with Gasteiger partial charge in [0, 0.05) is 13.1 Å². The number of fused-ring (bicyclic) bond motifs is 3. The summed E-state index contributed by atoms with van der Waals surface area (Å²) < 4.78 is 3.70. The van der Waals surface area contributed by atoms with E-state index in [1.165, 1.54) is 12.1 Å². The van der Waals surface area contributed by atoms with E-state index in [4.69, 9.17) is 5.21 Å². The van der Waals surface area contributed by atoms with Crippen LogP contribution in [-0.4, -0.2) is 14.6 Å². The topological polar surface area (TPSA) is 73.5 Å². The molecule has 0 bridgehead atoms. The average Bonchev–Trinajstić information content (AvgIpc) is 2.57. The average molecular weight is 248 g/mol. The van der Waals surface area contributed by atoms with Crippen molar-refractivity contribution in [1.29, 1.82) is 0 Å². The molecule has 0 amide bonds. The standard InChI is InChI=1S/C12H14N3O3/c16-12-10-8-9(15(17)18)4-5-11(10)13-6-2-1-3-7-14(12)13/h4-5,8,17H,1-3,6-7H2/q-1. The molecule has 0 atom stereocenters. The molecule has 1 aliphatic heterocycles. The van der Waals surface area contributed by atoms with E-state index >= 15 is 0 Å². The van der Waals surface area contributed by atoms with Crippen molar-refractivity contribution < 1.29 is 5.21 Å². The Labute approximate surface area is 103 Å². The lowest BCUT2D eigenvalue weighted by Crippen LogP contribution is -2.21. The van der Waals surface area contributed by atoms with Gasteiger partial charge in [0.2, 0.25) is 0 Å². The number of hydrogen-bond acceptors (Lipinski definition) is 4. The highest BCUT2D eigenvalue weighted by Crippen LogP contribution is 2.21. The molecule has 6 nitrogen and oxygen atoms in total. The van der Waals surface area contributed by atoms with Gasteiger partial charge in [0.1, 0.15) is 0 Å². The Morgan fingerprint density at radius 1 is 1.17 bits per heavy atom. The molecule has 0 spiro atoms. The summed E-state index contributed by atoms with van der Waals surface area (Å²) in [7, 11) is 0. The fourth-order valence-corrected chi connectivity index (χ4v) is 2.58. The molecule has 0 aliphatic carbocycles. The summed E-state index contributed by atoms with van der Waals surface area (Å²) in [6.45, 7) is 1.53. The minimum Gasteiger partial charge on any atom is -0.733 e. The highest BCUT2D eigenvalue weighted by molar-refractivity contribution is 5.82. The van der Waals surface area contributed by atoms with Gasteiger partial charge in [0.25, 0.3) is 5.56 Å². The number of hydrogen-bond donors (Lipinski definition) is 1. The lowest BCUT2D eigenvalue weighted by Gasteiger charge is -2.21. The molecule has 2 heterocycles. The summed E-state index contributed by atoms with van der Waals surface area (Å²) in [5.74, 6) is 0. The molecule has 0 radical (unpaired) electrons. The van der Waals surface area contributed by atoms with Gasteiger partial charge in [-0.3, -0.25) is 14.7 Å². The normalized spacial score (nSPS) is 15.4. The molecule has 0 saturated heterocycles. The molecule has 1 aromatic heterocycles. The van der Waals surface area contributed by atoms with Crippen LogP contribution in [-0.2, 0) is 13.1 Å². The Balaban J connectivity index is 2.26. The van der Waals surface area contributed by atoms with Gasteiger partial charge in [0.15, 0.2) is 0 Å². The van der Waals surface area contributed by atoms with Crippen LogP contribution in [0.3, 0.4) is 0 Å². The van der Waals surface area contributed by atoms with Crippen molar-refractivity contribution in [2.45, 2.75) is 32.4 Å². The predicted molar refractivity (Wildman–Crippen MR) is 67.7 cm³/mol. The Bertz CT molecular complexity index is 642. The molecule has 0 unspecified atom stereocenters. The Morgan fingerprint density at radius 2 is 1.89 bits per heavy atom. The van der Waals surface area contributed by atoms with E-state index < -0.39 is 0 Å². The number of benzene rings is 1. The summed E-state index contributed by atoms with van der Waals surface area (Å²) in [6, 6.07) is 4.68. The largest absolute Gasteiger partial charge is 0.733 e. The first-order chi connectivity index (χ1) is 8.68. The molecule has 1 aromatic carbocycles. The summed E-state index contributed by atoms with van der Waals surface area (Å²) in [5, 5.41) is 20.0. The molecule has 3 rings (SSSR count). The maximum Gasteiger partial charge on any atom is 0.274 e. The first-order valence-corrected chi connectivity index (χ1v) is 6.08. The first-order valence-electron chi connectivity index (χ1n) is 6.08. The second-order valence-corrected chi connectivity index (χ2v) is 4.59. The number of aromatic nitrogens is 2. The van der Waals surface area contributed by atoms with Gasteiger partial charge in [0.05, 0.1) is 16.6 Å². The number of anilines is 1. The maximum atomic E-state index is 12.2. The first kappa shape index (κ1) is 11.3.